The van der Waals surface area contributed by atoms with Crippen LogP contribution in [-0.4, -0.2) is 27.6 Å². The molecule has 15 heavy (non-hydrogen) atoms. The molecule has 0 saturated heterocycles. The van der Waals surface area contributed by atoms with Crippen LogP contribution in [0.1, 0.15) is 0 Å². The average molecular weight is 229 g/mol. The first kappa shape index (κ1) is 11.8. The Morgan fingerprint density at radius 1 is 1.20 bits per heavy atom. The average Bonchev–Trinajstić information content (AvgIpc) is 2.15. The highest BCUT2D eigenvalue weighted by molar-refractivity contribution is 7.85. The molecule has 0 unspecified atom stereocenters. The molecule has 0 saturated carbocycles. The summed E-state index contributed by atoms with van der Waals surface area (Å²) in [5, 5.41) is 4.54. The summed E-state index contributed by atoms with van der Waals surface area (Å²) in [4.78, 5) is 0. The van der Waals surface area contributed by atoms with Crippen LogP contribution in [0.25, 0.3) is 0 Å². The van der Waals surface area contributed by atoms with Gasteiger partial charge in [-0.3, -0.25) is 0 Å². The van der Waals surface area contributed by atoms with E-state index in [1.54, 1.807) is 30.3 Å². The SMILES string of the molecule is CN(C)OS(=O)(=O)N=Nc1ccccc1. The Labute approximate surface area is 88.4 Å². The predicted octanol–water partition coefficient (Wildman–Crippen LogP) is 1.51. The van der Waals surface area contributed by atoms with Gasteiger partial charge in [-0.05, 0) is 16.7 Å². The van der Waals surface area contributed by atoms with Gasteiger partial charge in [0.15, 0.2) is 0 Å². The van der Waals surface area contributed by atoms with Gasteiger partial charge in [-0.2, -0.15) is 17.8 Å². The van der Waals surface area contributed by atoms with Crippen LogP contribution in [-0.2, 0) is 14.6 Å². The summed E-state index contributed by atoms with van der Waals surface area (Å²) in [6, 6.07) is 8.52. The largest absolute Gasteiger partial charge is 0.414 e. The maximum Gasteiger partial charge on any atom is 0.414 e. The monoisotopic (exact) mass is 229 g/mol. The van der Waals surface area contributed by atoms with E-state index in [-0.39, 0.29) is 0 Å². The second kappa shape index (κ2) is 4.96. The minimum Gasteiger partial charge on any atom is -0.176 e. The Kier molecular flexibility index (Phi) is 3.89. The van der Waals surface area contributed by atoms with Crippen molar-refractivity contribution in [2.45, 2.75) is 0 Å². The minimum absolute atomic E-state index is 0.448. The predicted molar refractivity (Wildman–Crippen MR) is 54.6 cm³/mol. The third-order valence-corrected chi connectivity index (χ3v) is 2.02. The van der Waals surface area contributed by atoms with Gasteiger partial charge in [-0.15, -0.1) is 5.11 Å². The van der Waals surface area contributed by atoms with E-state index in [2.05, 4.69) is 13.9 Å². The molecule has 0 bridgehead atoms. The smallest absolute Gasteiger partial charge is 0.176 e. The zero-order chi connectivity index (χ0) is 11.3. The highest BCUT2D eigenvalue weighted by atomic mass is 32.2. The van der Waals surface area contributed by atoms with Crippen molar-refractivity contribution in [3.8, 4) is 0 Å². The number of hydrogen-bond donors (Lipinski definition) is 0. The Balaban J connectivity index is 2.74. The number of hydroxylamine groups is 2. The van der Waals surface area contributed by atoms with Crippen LogP contribution in [0.15, 0.2) is 40.0 Å². The van der Waals surface area contributed by atoms with Gasteiger partial charge < -0.3 is 0 Å². The summed E-state index contributed by atoms with van der Waals surface area (Å²) >= 11 is 0. The van der Waals surface area contributed by atoms with Crippen LogP contribution < -0.4 is 0 Å². The zero-order valence-electron chi connectivity index (χ0n) is 8.36. The zero-order valence-corrected chi connectivity index (χ0v) is 9.18. The highest BCUT2D eigenvalue weighted by Gasteiger charge is 2.10. The van der Waals surface area contributed by atoms with Gasteiger partial charge in [0.1, 0.15) is 0 Å². The van der Waals surface area contributed by atoms with Gasteiger partial charge in [0.2, 0.25) is 0 Å². The fourth-order valence-electron chi connectivity index (χ4n) is 0.795. The molecule has 0 aliphatic carbocycles. The van der Waals surface area contributed by atoms with E-state index in [1.807, 2.05) is 0 Å². The topological polar surface area (TPSA) is 71.3 Å². The van der Waals surface area contributed by atoms with Crippen LogP contribution >= 0.6 is 0 Å². The minimum atomic E-state index is -3.99. The van der Waals surface area contributed by atoms with Crippen molar-refractivity contribution in [1.82, 2.24) is 5.06 Å². The van der Waals surface area contributed by atoms with E-state index in [9.17, 15) is 8.42 Å². The number of benzene rings is 1. The van der Waals surface area contributed by atoms with E-state index < -0.39 is 10.3 Å². The molecule has 1 aromatic carbocycles. The second-order valence-corrected chi connectivity index (χ2v) is 4.00. The molecule has 1 rings (SSSR count). The molecule has 0 aliphatic heterocycles. The molecular formula is C8H11N3O3S. The Bertz CT molecular complexity index is 428. The fourth-order valence-corrected chi connectivity index (χ4v) is 1.40. The molecule has 6 nitrogen and oxygen atoms in total. The van der Waals surface area contributed by atoms with E-state index in [0.29, 0.717) is 5.69 Å². The standard InChI is InChI=1S/C8H11N3O3S/c1-11(2)14-15(12,13)10-9-8-6-4-3-5-7-8/h3-7H,1-2H3. The van der Waals surface area contributed by atoms with Crippen molar-refractivity contribution < 1.29 is 12.7 Å². The first-order chi connectivity index (χ1) is 6.99. The van der Waals surface area contributed by atoms with Gasteiger partial charge in [-0.1, -0.05) is 18.2 Å². The quantitative estimate of drug-likeness (QED) is 0.579. The van der Waals surface area contributed by atoms with Gasteiger partial charge in [-0.25, -0.2) is 0 Å². The van der Waals surface area contributed by atoms with Crippen molar-refractivity contribution in [3.63, 3.8) is 0 Å². The number of hydrogen-bond acceptors (Lipinski definition) is 5. The van der Waals surface area contributed by atoms with Crippen LogP contribution in [0.4, 0.5) is 5.69 Å². The number of nitrogens with zero attached hydrogens (tertiary/aromatic N) is 3. The third-order valence-electron chi connectivity index (χ3n) is 1.26. The maximum atomic E-state index is 11.1. The van der Waals surface area contributed by atoms with Crippen molar-refractivity contribution >= 4 is 16.0 Å². The van der Waals surface area contributed by atoms with Crippen LogP contribution in [0.3, 0.4) is 0 Å². The summed E-state index contributed by atoms with van der Waals surface area (Å²) in [7, 11) is -1.11. The summed E-state index contributed by atoms with van der Waals surface area (Å²) in [5.74, 6) is 0. The number of rotatable bonds is 4. The molecule has 0 atom stereocenters. The summed E-state index contributed by atoms with van der Waals surface area (Å²) in [6.07, 6.45) is 0. The second-order valence-electron chi connectivity index (χ2n) is 2.83. The molecule has 7 heteroatoms. The van der Waals surface area contributed by atoms with Crippen molar-refractivity contribution in [2.75, 3.05) is 14.1 Å². The molecule has 0 fully saturated rings. The van der Waals surface area contributed by atoms with E-state index in [0.717, 1.165) is 5.06 Å². The lowest BCUT2D eigenvalue weighted by molar-refractivity contribution is 0.00500. The summed E-state index contributed by atoms with van der Waals surface area (Å²) in [6.45, 7) is 0. The van der Waals surface area contributed by atoms with E-state index in [4.69, 9.17) is 0 Å². The van der Waals surface area contributed by atoms with Gasteiger partial charge in [0, 0.05) is 14.1 Å². The summed E-state index contributed by atoms with van der Waals surface area (Å²) in [5.41, 5.74) is 0.448. The van der Waals surface area contributed by atoms with Crippen molar-refractivity contribution in [2.24, 2.45) is 9.63 Å². The molecule has 0 heterocycles. The Morgan fingerprint density at radius 2 is 1.80 bits per heavy atom. The Hall–Kier alpha value is -1.31. The molecule has 0 radical (unpaired) electrons. The molecule has 0 spiro atoms. The Morgan fingerprint density at radius 3 is 2.33 bits per heavy atom. The third kappa shape index (κ3) is 4.63. The lowest BCUT2D eigenvalue weighted by atomic mass is 10.3. The molecule has 0 amide bonds. The van der Waals surface area contributed by atoms with E-state index >= 15 is 0 Å². The van der Waals surface area contributed by atoms with Gasteiger partial charge in [0.25, 0.3) is 0 Å². The van der Waals surface area contributed by atoms with Gasteiger partial charge in [0.05, 0.1) is 5.69 Å². The molecule has 0 aliphatic rings. The highest BCUT2D eigenvalue weighted by Crippen LogP contribution is 2.12. The lowest BCUT2D eigenvalue weighted by Gasteiger charge is -2.04. The molecule has 1 aromatic rings. The summed E-state index contributed by atoms with van der Waals surface area (Å²) < 4.78 is 29.7. The molecule has 0 N–H and O–H groups in total. The van der Waals surface area contributed by atoms with Crippen LogP contribution in [0.2, 0.25) is 0 Å². The molecule has 82 valence electrons. The fraction of sp³-hybridized carbons (Fsp3) is 0.250. The van der Waals surface area contributed by atoms with Crippen molar-refractivity contribution in [1.29, 1.82) is 0 Å². The van der Waals surface area contributed by atoms with Crippen LogP contribution in [0.5, 0.6) is 0 Å². The maximum absolute atomic E-state index is 11.1. The van der Waals surface area contributed by atoms with Crippen molar-refractivity contribution in [3.05, 3.63) is 30.3 Å². The molecule has 0 aromatic heterocycles. The van der Waals surface area contributed by atoms with Gasteiger partial charge >= 0.3 is 10.3 Å². The first-order valence-electron chi connectivity index (χ1n) is 4.09. The van der Waals surface area contributed by atoms with E-state index in [1.165, 1.54) is 14.1 Å². The molecular weight excluding hydrogens is 218 g/mol. The lowest BCUT2D eigenvalue weighted by Crippen LogP contribution is -2.16. The normalized spacial score (nSPS) is 12.5. The first-order valence-corrected chi connectivity index (χ1v) is 5.46. The van der Waals surface area contributed by atoms with Crippen LogP contribution in [0, 0.1) is 0 Å².